The average Bonchev–Trinajstić information content (AvgIpc) is 3.25. The van der Waals surface area contributed by atoms with Gasteiger partial charge in [0.05, 0.1) is 25.2 Å². The Kier molecular flexibility index (Phi) is 48.0. The molecule has 0 rings (SSSR count). The number of amides is 1. The van der Waals surface area contributed by atoms with Gasteiger partial charge in [-0.15, -0.1) is 0 Å². The summed E-state index contributed by atoms with van der Waals surface area (Å²) in [4.78, 5) is 26.2. The smallest absolute Gasteiger partial charge is 0.306 e. The van der Waals surface area contributed by atoms with Crippen LogP contribution in [0.15, 0.2) is 24.3 Å². The summed E-state index contributed by atoms with van der Waals surface area (Å²) in [5.41, 5.74) is 0. The Labute approximate surface area is 380 Å². The Morgan fingerprint density at radius 3 is 1.18 bits per heavy atom. The topological polar surface area (TPSA) is 95.9 Å². The van der Waals surface area contributed by atoms with Gasteiger partial charge in [0.15, 0.2) is 0 Å². The molecule has 6 nitrogen and oxygen atoms in total. The second kappa shape index (κ2) is 49.4. The molecule has 6 heteroatoms. The molecule has 0 saturated carbocycles. The molecule has 0 spiro atoms. The van der Waals surface area contributed by atoms with Gasteiger partial charge in [-0.1, -0.05) is 225 Å². The van der Waals surface area contributed by atoms with Crippen molar-refractivity contribution in [1.29, 1.82) is 0 Å². The van der Waals surface area contributed by atoms with Crippen LogP contribution in [0, 0.1) is 0 Å². The number of carbonyl (C=O) groups is 2. The highest BCUT2D eigenvalue weighted by atomic mass is 16.5. The first kappa shape index (κ1) is 59.3. The molecular formula is C55H105NO5. The molecule has 0 heterocycles. The summed E-state index contributed by atoms with van der Waals surface area (Å²) in [5, 5.41) is 23.8. The van der Waals surface area contributed by atoms with Gasteiger partial charge in [-0.2, -0.15) is 0 Å². The zero-order valence-electron chi connectivity index (χ0n) is 41.1. The average molecular weight is 860 g/mol. The van der Waals surface area contributed by atoms with E-state index in [9.17, 15) is 19.8 Å². The molecule has 61 heavy (non-hydrogen) atoms. The molecule has 0 aliphatic heterocycles. The Bertz CT molecular complexity index is 966. The fourth-order valence-electron chi connectivity index (χ4n) is 8.36. The normalized spacial score (nSPS) is 13.3. The van der Waals surface area contributed by atoms with E-state index >= 15 is 0 Å². The Hall–Kier alpha value is -1.66. The number of hydrogen-bond acceptors (Lipinski definition) is 5. The lowest BCUT2D eigenvalue weighted by molar-refractivity contribution is -0.151. The number of allylic oxidation sites excluding steroid dienone is 4. The highest BCUT2D eigenvalue weighted by Crippen LogP contribution is 2.18. The van der Waals surface area contributed by atoms with Crippen molar-refractivity contribution >= 4 is 11.9 Å². The lowest BCUT2D eigenvalue weighted by Crippen LogP contribution is -2.46. The molecule has 0 aromatic carbocycles. The largest absolute Gasteiger partial charge is 0.462 e. The summed E-state index contributed by atoms with van der Waals surface area (Å²) in [5.74, 6) is -0.488. The van der Waals surface area contributed by atoms with E-state index < -0.39 is 18.2 Å². The van der Waals surface area contributed by atoms with Crippen molar-refractivity contribution in [3.05, 3.63) is 24.3 Å². The summed E-state index contributed by atoms with van der Waals surface area (Å²) in [6.45, 7) is 6.48. The van der Waals surface area contributed by atoms with E-state index in [4.69, 9.17) is 4.74 Å². The van der Waals surface area contributed by atoms with Crippen LogP contribution in [0.5, 0.6) is 0 Å². The quantitative estimate of drug-likeness (QED) is 0.0322. The van der Waals surface area contributed by atoms with Crippen LogP contribution in [0.3, 0.4) is 0 Å². The number of hydrogen-bond donors (Lipinski definition) is 3. The van der Waals surface area contributed by atoms with Gasteiger partial charge in [0, 0.05) is 6.42 Å². The molecule has 0 bridgehead atoms. The predicted molar refractivity (Wildman–Crippen MR) is 264 cm³/mol. The molecule has 0 aliphatic rings. The minimum atomic E-state index is -0.789. The fraction of sp³-hybridized carbons (Fsp3) is 0.891. The van der Waals surface area contributed by atoms with E-state index in [-0.39, 0.29) is 24.9 Å². The molecule has 0 fully saturated rings. The number of unbranched alkanes of at least 4 members (excludes halogenated alkanes) is 33. The molecule has 0 saturated heterocycles. The van der Waals surface area contributed by atoms with E-state index in [1.54, 1.807) is 0 Å². The van der Waals surface area contributed by atoms with Gasteiger partial charge < -0.3 is 20.3 Å². The summed E-state index contributed by atoms with van der Waals surface area (Å²) in [6, 6.07) is -0.703. The van der Waals surface area contributed by atoms with Gasteiger partial charge in [0.2, 0.25) is 5.91 Å². The molecule has 0 aliphatic carbocycles. The predicted octanol–water partition coefficient (Wildman–Crippen LogP) is 16.3. The van der Waals surface area contributed by atoms with Crippen LogP contribution < -0.4 is 5.32 Å². The second-order valence-electron chi connectivity index (χ2n) is 18.6. The maximum atomic E-state index is 13.2. The van der Waals surface area contributed by atoms with E-state index in [2.05, 4.69) is 50.4 Å². The van der Waals surface area contributed by atoms with Crippen LogP contribution in [-0.4, -0.2) is 46.9 Å². The van der Waals surface area contributed by atoms with E-state index in [0.29, 0.717) is 19.3 Å². The van der Waals surface area contributed by atoms with Crippen molar-refractivity contribution in [3.8, 4) is 0 Å². The van der Waals surface area contributed by atoms with Crippen LogP contribution in [0.4, 0.5) is 0 Å². The SMILES string of the molecule is CCCCCC/C=C\CCCCCCCC(CC(=O)NC(CO)C(O)CCCCCCCCCCCCCCCCC)OC(=O)CCCCC/C=C\CCCCCCCCC. The van der Waals surface area contributed by atoms with Crippen molar-refractivity contribution in [2.24, 2.45) is 0 Å². The number of rotatable bonds is 49. The Morgan fingerprint density at radius 1 is 0.459 bits per heavy atom. The Morgan fingerprint density at radius 2 is 0.787 bits per heavy atom. The van der Waals surface area contributed by atoms with Crippen molar-refractivity contribution in [3.63, 3.8) is 0 Å². The van der Waals surface area contributed by atoms with Crippen molar-refractivity contribution < 1.29 is 24.5 Å². The van der Waals surface area contributed by atoms with Crippen LogP contribution >= 0.6 is 0 Å². The highest BCUT2D eigenvalue weighted by molar-refractivity contribution is 5.77. The third-order valence-electron chi connectivity index (χ3n) is 12.5. The number of aliphatic hydroxyl groups is 2. The standard InChI is InChI=1S/C55H105NO5/c1-4-7-10-13-16-19-22-25-27-29-32-35-38-41-44-47-53(58)52(50-57)56-54(59)49-51(46-43-40-37-34-31-28-24-21-18-15-12-9-6-3)61-55(60)48-45-42-39-36-33-30-26-23-20-17-14-11-8-5-2/h21,24,30,33,51-53,57-58H,4-20,22-23,25-29,31-32,34-50H2,1-3H3,(H,56,59)/b24-21-,33-30-. The molecular weight excluding hydrogens is 755 g/mol. The first-order chi connectivity index (χ1) is 30.0. The van der Waals surface area contributed by atoms with Gasteiger partial charge in [0.25, 0.3) is 0 Å². The summed E-state index contributed by atoms with van der Waals surface area (Å²) >= 11 is 0. The second-order valence-corrected chi connectivity index (χ2v) is 18.6. The zero-order chi connectivity index (χ0) is 44.5. The molecule has 0 radical (unpaired) electrons. The highest BCUT2D eigenvalue weighted by Gasteiger charge is 2.24. The Balaban J connectivity index is 4.55. The summed E-state index contributed by atoms with van der Waals surface area (Å²) in [7, 11) is 0. The van der Waals surface area contributed by atoms with Crippen molar-refractivity contribution in [1.82, 2.24) is 5.32 Å². The number of esters is 1. The third-order valence-corrected chi connectivity index (χ3v) is 12.5. The molecule has 3 atom stereocenters. The van der Waals surface area contributed by atoms with E-state index in [1.807, 2.05) is 0 Å². The summed E-state index contributed by atoms with van der Waals surface area (Å²) in [6.07, 6.45) is 56.6. The van der Waals surface area contributed by atoms with E-state index in [1.165, 1.54) is 180 Å². The number of nitrogens with one attached hydrogen (secondary N) is 1. The lowest BCUT2D eigenvalue weighted by Gasteiger charge is -2.24. The molecule has 1 amide bonds. The van der Waals surface area contributed by atoms with Gasteiger partial charge >= 0.3 is 5.97 Å². The number of ether oxygens (including phenoxy) is 1. The third kappa shape index (κ3) is 44.7. The van der Waals surface area contributed by atoms with Crippen molar-refractivity contribution in [2.45, 2.75) is 309 Å². The van der Waals surface area contributed by atoms with Gasteiger partial charge in [-0.3, -0.25) is 9.59 Å². The van der Waals surface area contributed by atoms with Gasteiger partial charge in [0.1, 0.15) is 6.10 Å². The molecule has 3 N–H and O–H groups in total. The van der Waals surface area contributed by atoms with Crippen LogP contribution in [0.25, 0.3) is 0 Å². The van der Waals surface area contributed by atoms with Gasteiger partial charge in [-0.05, 0) is 77.0 Å². The molecule has 0 aromatic heterocycles. The number of aliphatic hydroxyl groups excluding tert-OH is 2. The zero-order valence-corrected chi connectivity index (χ0v) is 41.1. The minimum Gasteiger partial charge on any atom is -0.462 e. The maximum absolute atomic E-state index is 13.2. The minimum absolute atomic E-state index is 0.0699. The van der Waals surface area contributed by atoms with Crippen LogP contribution in [0.1, 0.15) is 290 Å². The fourth-order valence-corrected chi connectivity index (χ4v) is 8.36. The first-order valence-electron chi connectivity index (χ1n) is 27.1. The molecule has 360 valence electrons. The first-order valence-corrected chi connectivity index (χ1v) is 27.1. The summed E-state index contributed by atoms with van der Waals surface area (Å²) < 4.78 is 5.93. The number of carbonyl (C=O) groups excluding carboxylic acids is 2. The van der Waals surface area contributed by atoms with E-state index in [0.717, 1.165) is 64.2 Å². The van der Waals surface area contributed by atoms with Crippen molar-refractivity contribution in [2.75, 3.05) is 6.61 Å². The van der Waals surface area contributed by atoms with Crippen LogP contribution in [0.2, 0.25) is 0 Å². The maximum Gasteiger partial charge on any atom is 0.306 e. The van der Waals surface area contributed by atoms with Gasteiger partial charge in [-0.25, -0.2) is 0 Å². The molecule has 3 unspecified atom stereocenters. The molecule has 0 aromatic rings. The monoisotopic (exact) mass is 860 g/mol. The van der Waals surface area contributed by atoms with Crippen LogP contribution in [-0.2, 0) is 14.3 Å². The lowest BCUT2D eigenvalue weighted by atomic mass is 10.0.